The first-order valence-corrected chi connectivity index (χ1v) is 12.0. The number of hydrogen-bond donors (Lipinski definition) is 0. The molecule has 1 aliphatic rings. The van der Waals surface area contributed by atoms with Gasteiger partial charge in [-0.25, -0.2) is 4.79 Å². The Morgan fingerprint density at radius 1 is 1.07 bits per heavy atom. The molecule has 1 aliphatic carbocycles. The predicted octanol–water partition coefficient (Wildman–Crippen LogP) is 6.44. The molecule has 1 fully saturated rings. The van der Waals surface area contributed by atoms with Gasteiger partial charge in [0.05, 0.1) is 12.1 Å². The van der Waals surface area contributed by atoms with Gasteiger partial charge in [0, 0.05) is 30.1 Å². The SMILES string of the molecule is CN(C(=O)OC(Cl)C(Cl)Cl)C1CCCCCC1N(C(=O)CCCl)c1ccc(Cl)cc1. The van der Waals surface area contributed by atoms with E-state index in [0.717, 1.165) is 25.7 Å². The molecular weight excluding hydrogens is 493 g/mol. The van der Waals surface area contributed by atoms with Crippen LogP contribution in [0.15, 0.2) is 24.3 Å². The lowest BCUT2D eigenvalue weighted by atomic mass is 9.98. The maximum Gasteiger partial charge on any atom is 0.411 e. The molecule has 0 saturated heterocycles. The van der Waals surface area contributed by atoms with Crippen molar-refractivity contribution in [1.29, 1.82) is 0 Å². The number of likely N-dealkylation sites (N-methyl/N-ethyl adjacent to an activating group) is 1. The second kappa shape index (κ2) is 12.4. The summed E-state index contributed by atoms with van der Waals surface area (Å²) in [5.74, 6) is 0.0988. The number of rotatable bonds is 7. The molecule has 1 aromatic carbocycles. The Bertz CT molecular complexity index is 704. The number of halogens is 5. The number of carbonyl (C=O) groups is 2. The first-order chi connectivity index (χ1) is 14.3. The smallest absolute Gasteiger partial charge is 0.411 e. The molecule has 30 heavy (non-hydrogen) atoms. The van der Waals surface area contributed by atoms with Crippen molar-refractivity contribution < 1.29 is 14.3 Å². The molecule has 2 amide bonds. The van der Waals surface area contributed by atoms with Gasteiger partial charge in [0.25, 0.3) is 0 Å². The first kappa shape index (κ1) is 25.7. The molecule has 0 radical (unpaired) electrons. The number of amides is 2. The summed E-state index contributed by atoms with van der Waals surface area (Å²) in [6, 6.07) is 6.55. The standard InChI is InChI=1S/C20H25Cl5N2O3/c1-26(20(29)30-19(25)18(23)24)15-5-3-2-4-6-16(15)27(17(28)11-12-21)14-9-7-13(22)8-10-14/h7-10,15-16,18-19H,2-6,11-12H2,1H3. The van der Waals surface area contributed by atoms with E-state index in [2.05, 4.69) is 0 Å². The number of carbonyl (C=O) groups excluding carboxylic acids is 2. The van der Waals surface area contributed by atoms with Gasteiger partial charge in [-0.2, -0.15) is 0 Å². The van der Waals surface area contributed by atoms with Gasteiger partial charge in [-0.3, -0.25) is 4.79 Å². The number of ether oxygens (including phenoxy) is 1. The van der Waals surface area contributed by atoms with E-state index in [9.17, 15) is 9.59 Å². The second-order valence-electron chi connectivity index (χ2n) is 7.13. The molecule has 0 aromatic heterocycles. The summed E-state index contributed by atoms with van der Waals surface area (Å²) in [6.07, 6.45) is 3.87. The average molecular weight is 519 g/mol. The van der Waals surface area contributed by atoms with Gasteiger partial charge >= 0.3 is 6.09 Å². The van der Waals surface area contributed by atoms with Crippen LogP contribution in [0.2, 0.25) is 5.02 Å². The van der Waals surface area contributed by atoms with Crippen molar-refractivity contribution >= 4 is 75.7 Å². The molecule has 0 N–H and O–H groups in total. The van der Waals surface area contributed by atoms with Crippen molar-refractivity contribution in [1.82, 2.24) is 4.90 Å². The van der Waals surface area contributed by atoms with Crippen LogP contribution >= 0.6 is 58.0 Å². The zero-order chi connectivity index (χ0) is 22.3. The monoisotopic (exact) mass is 516 g/mol. The normalized spacial score (nSPS) is 20.4. The summed E-state index contributed by atoms with van der Waals surface area (Å²) in [7, 11) is 1.64. The molecule has 1 aromatic rings. The third-order valence-electron chi connectivity index (χ3n) is 5.15. The van der Waals surface area contributed by atoms with Crippen molar-refractivity contribution in [2.45, 2.75) is 61.0 Å². The van der Waals surface area contributed by atoms with Crippen molar-refractivity contribution in [3.05, 3.63) is 29.3 Å². The molecule has 3 atom stereocenters. The molecule has 3 unspecified atom stereocenters. The third kappa shape index (κ3) is 6.96. The fourth-order valence-corrected chi connectivity index (χ4v) is 4.18. The van der Waals surface area contributed by atoms with Crippen LogP contribution < -0.4 is 4.90 Å². The fourth-order valence-electron chi connectivity index (χ4n) is 3.71. The van der Waals surface area contributed by atoms with E-state index in [1.54, 1.807) is 36.2 Å². The van der Waals surface area contributed by atoms with Crippen LogP contribution in [0, 0.1) is 0 Å². The van der Waals surface area contributed by atoms with E-state index in [1.165, 1.54) is 4.90 Å². The minimum atomic E-state index is -1.17. The molecule has 0 aliphatic heterocycles. The van der Waals surface area contributed by atoms with Crippen LogP contribution in [0.1, 0.15) is 38.5 Å². The zero-order valence-electron chi connectivity index (χ0n) is 16.6. The Kier molecular flexibility index (Phi) is 10.7. The van der Waals surface area contributed by atoms with E-state index in [1.807, 2.05) is 0 Å². The Morgan fingerprint density at radius 3 is 2.23 bits per heavy atom. The van der Waals surface area contributed by atoms with Gasteiger partial charge in [0.2, 0.25) is 11.5 Å². The molecule has 2 rings (SSSR count). The Hall–Kier alpha value is -0.590. The highest BCUT2D eigenvalue weighted by atomic mass is 35.5. The zero-order valence-corrected chi connectivity index (χ0v) is 20.4. The number of anilines is 1. The highest BCUT2D eigenvalue weighted by molar-refractivity contribution is 6.48. The summed E-state index contributed by atoms with van der Waals surface area (Å²) in [6.45, 7) is 0. The molecule has 0 spiro atoms. The van der Waals surface area contributed by atoms with Crippen molar-refractivity contribution in [3.8, 4) is 0 Å². The molecule has 10 heteroatoms. The number of hydrogen-bond acceptors (Lipinski definition) is 3. The van der Waals surface area contributed by atoms with E-state index >= 15 is 0 Å². The minimum absolute atomic E-state index is 0.109. The first-order valence-electron chi connectivity index (χ1n) is 9.75. The van der Waals surface area contributed by atoms with Gasteiger partial charge in [-0.15, -0.1) is 11.6 Å². The maximum atomic E-state index is 13.1. The molecule has 5 nitrogen and oxygen atoms in total. The van der Waals surface area contributed by atoms with E-state index < -0.39 is 16.5 Å². The number of nitrogens with zero attached hydrogens (tertiary/aromatic N) is 2. The number of benzene rings is 1. The average Bonchev–Trinajstić information content (AvgIpc) is 2.95. The summed E-state index contributed by atoms with van der Waals surface area (Å²) in [4.78, 5) is 27.9. The highest BCUT2D eigenvalue weighted by Crippen LogP contribution is 2.31. The van der Waals surface area contributed by atoms with Crippen LogP contribution in [-0.2, 0) is 9.53 Å². The summed E-state index contributed by atoms with van der Waals surface area (Å²) in [5, 5.41) is 0.575. The summed E-state index contributed by atoms with van der Waals surface area (Å²) < 4.78 is 5.17. The molecule has 1 saturated carbocycles. The lowest BCUT2D eigenvalue weighted by molar-refractivity contribution is -0.119. The molecule has 0 heterocycles. The second-order valence-corrected chi connectivity index (χ2v) is 9.54. The van der Waals surface area contributed by atoms with Gasteiger partial charge in [-0.1, -0.05) is 65.7 Å². The maximum absolute atomic E-state index is 13.1. The van der Waals surface area contributed by atoms with Gasteiger partial charge < -0.3 is 14.5 Å². The quantitative estimate of drug-likeness (QED) is 0.308. The van der Waals surface area contributed by atoms with Crippen LogP contribution in [0.4, 0.5) is 10.5 Å². The predicted molar refractivity (Wildman–Crippen MR) is 124 cm³/mol. The summed E-state index contributed by atoms with van der Waals surface area (Å²) >= 11 is 29.2. The van der Waals surface area contributed by atoms with Gasteiger partial charge in [0.15, 0.2) is 4.84 Å². The van der Waals surface area contributed by atoms with Crippen LogP contribution in [0.25, 0.3) is 0 Å². The van der Waals surface area contributed by atoms with E-state index in [0.29, 0.717) is 17.1 Å². The van der Waals surface area contributed by atoms with Crippen LogP contribution in [0.5, 0.6) is 0 Å². The fraction of sp³-hybridized carbons (Fsp3) is 0.600. The van der Waals surface area contributed by atoms with Crippen LogP contribution in [0.3, 0.4) is 0 Å². The summed E-state index contributed by atoms with van der Waals surface area (Å²) in [5.41, 5.74) is -0.456. The molecule has 168 valence electrons. The van der Waals surface area contributed by atoms with Crippen LogP contribution in [-0.4, -0.2) is 52.3 Å². The van der Waals surface area contributed by atoms with Crippen molar-refractivity contribution in [2.75, 3.05) is 17.8 Å². The van der Waals surface area contributed by atoms with Gasteiger partial charge in [0.1, 0.15) is 0 Å². The molecule has 0 bridgehead atoms. The third-order valence-corrected chi connectivity index (χ3v) is 6.65. The van der Waals surface area contributed by atoms with Crippen molar-refractivity contribution in [2.24, 2.45) is 0 Å². The Balaban J connectivity index is 2.35. The largest absolute Gasteiger partial charge is 0.427 e. The lowest BCUT2D eigenvalue weighted by Crippen LogP contribution is -2.54. The topological polar surface area (TPSA) is 49.9 Å². The van der Waals surface area contributed by atoms with Crippen molar-refractivity contribution in [3.63, 3.8) is 0 Å². The highest BCUT2D eigenvalue weighted by Gasteiger charge is 2.37. The Labute approximate surface area is 202 Å². The Morgan fingerprint density at radius 2 is 1.67 bits per heavy atom. The van der Waals surface area contributed by atoms with E-state index in [-0.39, 0.29) is 30.3 Å². The van der Waals surface area contributed by atoms with E-state index in [4.69, 9.17) is 62.7 Å². The number of alkyl halides is 4. The lowest BCUT2D eigenvalue weighted by Gasteiger charge is -2.40. The minimum Gasteiger partial charge on any atom is -0.427 e. The van der Waals surface area contributed by atoms with Gasteiger partial charge in [-0.05, 0) is 37.1 Å². The molecular formula is C20H25Cl5N2O3.